The quantitative estimate of drug-likeness (QED) is 0.461. The van der Waals surface area contributed by atoms with Crippen molar-refractivity contribution in [2.45, 2.75) is 33.1 Å². The smallest absolute Gasteiger partial charge is 0.348 e. The average Bonchev–Trinajstić information content (AvgIpc) is 3.40. The number of carbonyl (C=O) groups excluding carboxylic acids is 1. The standard InChI is InChI=1S/C24H22F3N5O/c1-16-11-17(2)32(30-16)21-8-7-20(22(12-21)24(25,26)27)13-29-23(33)19-5-3-18(4-6-19)14-31-10-9-28-15-31/h3-12,15H,13-14H2,1-2H3,(H,29,33). The summed E-state index contributed by atoms with van der Waals surface area (Å²) < 4.78 is 44.6. The van der Waals surface area contributed by atoms with Crippen molar-refractivity contribution in [3.8, 4) is 5.69 Å². The number of hydrogen-bond donors (Lipinski definition) is 1. The number of carbonyl (C=O) groups is 1. The summed E-state index contributed by atoms with van der Waals surface area (Å²) >= 11 is 0. The first kappa shape index (κ1) is 22.3. The van der Waals surface area contributed by atoms with Gasteiger partial charge in [0.25, 0.3) is 5.91 Å². The molecule has 2 heterocycles. The second-order valence-corrected chi connectivity index (χ2v) is 7.79. The van der Waals surface area contributed by atoms with Crippen LogP contribution in [0.15, 0.2) is 67.3 Å². The Balaban J connectivity index is 1.49. The van der Waals surface area contributed by atoms with E-state index in [0.29, 0.717) is 23.5 Å². The highest BCUT2D eigenvalue weighted by atomic mass is 19.4. The number of nitrogens with zero attached hydrogens (tertiary/aromatic N) is 4. The first-order valence-electron chi connectivity index (χ1n) is 10.3. The third-order valence-electron chi connectivity index (χ3n) is 5.23. The van der Waals surface area contributed by atoms with E-state index >= 15 is 0 Å². The Morgan fingerprint density at radius 1 is 1.06 bits per heavy atom. The van der Waals surface area contributed by atoms with Gasteiger partial charge >= 0.3 is 6.18 Å². The minimum absolute atomic E-state index is 0.0159. The van der Waals surface area contributed by atoms with Crippen LogP contribution in [0.5, 0.6) is 0 Å². The number of aromatic nitrogens is 4. The number of hydrogen-bond acceptors (Lipinski definition) is 3. The Bertz CT molecular complexity index is 1260. The van der Waals surface area contributed by atoms with Gasteiger partial charge in [-0.25, -0.2) is 9.67 Å². The van der Waals surface area contributed by atoms with Gasteiger partial charge in [0.15, 0.2) is 0 Å². The van der Waals surface area contributed by atoms with Crippen LogP contribution in [0, 0.1) is 13.8 Å². The predicted molar refractivity (Wildman–Crippen MR) is 117 cm³/mol. The molecule has 2 aromatic heterocycles. The van der Waals surface area contributed by atoms with Gasteiger partial charge in [-0.05, 0) is 55.3 Å². The first-order valence-corrected chi connectivity index (χ1v) is 10.3. The maximum absolute atomic E-state index is 13.7. The summed E-state index contributed by atoms with van der Waals surface area (Å²) in [5, 5.41) is 6.84. The van der Waals surface area contributed by atoms with Gasteiger partial charge < -0.3 is 9.88 Å². The third-order valence-corrected chi connectivity index (χ3v) is 5.23. The van der Waals surface area contributed by atoms with Crippen molar-refractivity contribution in [1.82, 2.24) is 24.6 Å². The molecule has 170 valence electrons. The number of nitrogens with one attached hydrogen (secondary N) is 1. The fraction of sp³-hybridized carbons (Fsp3) is 0.208. The van der Waals surface area contributed by atoms with Crippen molar-refractivity contribution in [2.75, 3.05) is 0 Å². The Kier molecular flexibility index (Phi) is 6.04. The predicted octanol–water partition coefficient (Wildman–Crippen LogP) is 4.68. The SMILES string of the molecule is Cc1cc(C)n(-c2ccc(CNC(=O)c3ccc(Cn4ccnc4)cc3)c(C(F)(F)F)c2)n1. The van der Waals surface area contributed by atoms with Gasteiger partial charge in [-0.1, -0.05) is 18.2 Å². The zero-order valence-corrected chi connectivity index (χ0v) is 18.1. The van der Waals surface area contributed by atoms with E-state index in [1.54, 1.807) is 62.8 Å². The van der Waals surface area contributed by atoms with Crippen molar-refractivity contribution < 1.29 is 18.0 Å². The van der Waals surface area contributed by atoms with Gasteiger partial charge in [-0.15, -0.1) is 0 Å². The molecule has 9 heteroatoms. The summed E-state index contributed by atoms with van der Waals surface area (Å²) in [6.45, 7) is 3.92. The van der Waals surface area contributed by atoms with Gasteiger partial charge in [0, 0.05) is 36.7 Å². The largest absolute Gasteiger partial charge is 0.416 e. The van der Waals surface area contributed by atoms with E-state index < -0.39 is 17.6 Å². The Labute approximate surface area is 188 Å². The van der Waals surface area contributed by atoms with Crippen LogP contribution >= 0.6 is 0 Å². The molecule has 33 heavy (non-hydrogen) atoms. The van der Waals surface area contributed by atoms with Gasteiger partial charge in [-0.3, -0.25) is 4.79 Å². The van der Waals surface area contributed by atoms with Crippen LogP contribution in [0.25, 0.3) is 5.69 Å². The highest BCUT2D eigenvalue weighted by Crippen LogP contribution is 2.33. The minimum atomic E-state index is -4.57. The molecule has 0 atom stereocenters. The Hall–Kier alpha value is -3.88. The summed E-state index contributed by atoms with van der Waals surface area (Å²) in [5.41, 5.74) is 2.30. The van der Waals surface area contributed by atoms with E-state index in [2.05, 4.69) is 15.4 Å². The second kappa shape index (κ2) is 8.93. The van der Waals surface area contributed by atoms with Crippen LogP contribution in [0.1, 0.15) is 38.4 Å². The molecular formula is C24H22F3N5O. The maximum Gasteiger partial charge on any atom is 0.416 e. The fourth-order valence-electron chi connectivity index (χ4n) is 3.63. The van der Waals surface area contributed by atoms with E-state index in [1.807, 2.05) is 10.8 Å². The van der Waals surface area contributed by atoms with Crippen molar-refractivity contribution >= 4 is 5.91 Å². The molecule has 0 spiro atoms. The molecule has 0 aliphatic carbocycles. The van der Waals surface area contributed by atoms with E-state index in [1.165, 1.54) is 10.7 Å². The number of halogens is 3. The molecule has 0 saturated carbocycles. The number of aryl methyl sites for hydroxylation is 2. The minimum Gasteiger partial charge on any atom is -0.348 e. The molecule has 4 rings (SSSR count). The summed E-state index contributed by atoms with van der Waals surface area (Å²) in [5.74, 6) is -0.445. The van der Waals surface area contributed by atoms with Gasteiger partial charge in [0.05, 0.1) is 23.3 Å². The monoisotopic (exact) mass is 453 g/mol. The molecule has 0 saturated heterocycles. The molecule has 0 fully saturated rings. The lowest BCUT2D eigenvalue weighted by Crippen LogP contribution is -2.24. The second-order valence-electron chi connectivity index (χ2n) is 7.79. The van der Waals surface area contributed by atoms with Crippen molar-refractivity contribution in [3.63, 3.8) is 0 Å². The fourth-order valence-corrected chi connectivity index (χ4v) is 3.63. The summed E-state index contributed by atoms with van der Waals surface area (Å²) in [6, 6.07) is 12.7. The zero-order chi connectivity index (χ0) is 23.6. The summed E-state index contributed by atoms with van der Waals surface area (Å²) in [6.07, 6.45) is 0.639. The third kappa shape index (κ3) is 5.14. The summed E-state index contributed by atoms with van der Waals surface area (Å²) in [7, 11) is 0. The zero-order valence-electron chi connectivity index (χ0n) is 18.1. The molecule has 0 aliphatic rings. The number of benzene rings is 2. The maximum atomic E-state index is 13.7. The molecular weight excluding hydrogens is 431 g/mol. The van der Waals surface area contributed by atoms with Crippen molar-refractivity contribution in [1.29, 1.82) is 0 Å². The average molecular weight is 453 g/mol. The number of rotatable bonds is 6. The van der Waals surface area contributed by atoms with E-state index in [-0.39, 0.29) is 12.1 Å². The molecule has 0 radical (unpaired) electrons. The van der Waals surface area contributed by atoms with Crippen molar-refractivity contribution in [2.24, 2.45) is 0 Å². The molecule has 2 aromatic carbocycles. The Morgan fingerprint density at radius 3 is 2.42 bits per heavy atom. The molecule has 0 unspecified atom stereocenters. The highest BCUT2D eigenvalue weighted by Gasteiger charge is 2.34. The lowest BCUT2D eigenvalue weighted by molar-refractivity contribution is -0.138. The topological polar surface area (TPSA) is 64.7 Å². The van der Waals surface area contributed by atoms with Crippen LogP contribution < -0.4 is 5.32 Å². The molecule has 4 aromatic rings. The molecule has 1 N–H and O–H groups in total. The van der Waals surface area contributed by atoms with Crippen LogP contribution in [0.4, 0.5) is 13.2 Å². The van der Waals surface area contributed by atoms with Crippen molar-refractivity contribution in [3.05, 3.63) is 101 Å². The summed E-state index contributed by atoms with van der Waals surface area (Å²) in [4.78, 5) is 16.5. The normalized spacial score (nSPS) is 11.5. The van der Waals surface area contributed by atoms with Gasteiger partial charge in [-0.2, -0.15) is 18.3 Å². The number of imidazole rings is 1. The molecule has 1 amide bonds. The Morgan fingerprint density at radius 2 is 1.82 bits per heavy atom. The highest BCUT2D eigenvalue weighted by molar-refractivity contribution is 5.94. The molecule has 0 bridgehead atoms. The molecule has 0 aliphatic heterocycles. The number of alkyl halides is 3. The van der Waals surface area contributed by atoms with Crippen LogP contribution in [-0.4, -0.2) is 25.2 Å². The van der Waals surface area contributed by atoms with E-state index in [9.17, 15) is 18.0 Å². The van der Waals surface area contributed by atoms with E-state index in [4.69, 9.17) is 0 Å². The lowest BCUT2D eigenvalue weighted by atomic mass is 10.1. The van der Waals surface area contributed by atoms with E-state index in [0.717, 1.165) is 17.3 Å². The van der Waals surface area contributed by atoms with Crippen LogP contribution in [-0.2, 0) is 19.3 Å². The van der Waals surface area contributed by atoms with Gasteiger partial charge in [0.2, 0.25) is 0 Å². The van der Waals surface area contributed by atoms with Crippen LogP contribution in [0.2, 0.25) is 0 Å². The van der Waals surface area contributed by atoms with Crippen LogP contribution in [0.3, 0.4) is 0 Å². The lowest BCUT2D eigenvalue weighted by Gasteiger charge is -2.16. The molecule has 6 nitrogen and oxygen atoms in total. The first-order chi connectivity index (χ1) is 15.7. The van der Waals surface area contributed by atoms with Gasteiger partial charge in [0.1, 0.15) is 0 Å². The number of amides is 1.